The van der Waals surface area contributed by atoms with E-state index in [1.165, 1.54) is 4.90 Å². The van der Waals surface area contributed by atoms with Gasteiger partial charge in [0.05, 0.1) is 19.3 Å². The first kappa shape index (κ1) is 12.3. The second-order valence-electron chi connectivity index (χ2n) is 4.24. The lowest BCUT2D eigenvalue weighted by Crippen LogP contribution is -2.50. The molecule has 17 heavy (non-hydrogen) atoms. The maximum absolute atomic E-state index is 11.9. The van der Waals surface area contributed by atoms with E-state index < -0.39 is 0 Å². The van der Waals surface area contributed by atoms with Crippen molar-refractivity contribution in [1.29, 1.82) is 0 Å². The van der Waals surface area contributed by atoms with Crippen molar-refractivity contribution in [3.63, 3.8) is 0 Å². The fraction of sp³-hybridized carbons (Fsp3) is 0.800. The van der Waals surface area contributed by atoms with Gasteiger partial charge in [0.25, 0.3) is 0 Å². The second-order valence-corrected chi connectivity index (χ2v) is 4.24. The molecule has 3 amide bonds. The molecule has 0 bridgehead atoms. The first-order valence-corrected chi connectivity index (χ1v) is 5.83. The maximum Gasteiger partial charge on any atom is 0.324 e. The molecule has 2 aliphatic rings. The van der Waals surface area contributed by atoms with Gasteiger partial charge < -0.3 is 15.8 Å². The summed E-state index contributed by atoms with van der Waals surface area (Å²) >= 11 is 0. The molecule has 0 aromatic carbocycles. The van der Waals surface area contributed by atoms with Crippen molar-refractivity contribution in [3.8, 4) is 0 Å². The minimum Gasteiger partial charge on any atom is -0.374 e. The number of nitrogens with one attached hydrogen (secondary N) is 1. The smallest absolute Gasteiger partial charge is 0.324 e. The van der Waals surface area contributed by atoms with E-state index in [-0.39, 0.29) is 24.6 Å². The largest absolute Gasteiger partial charge is 0.374 e. The number of amides is 3. The number of hydrogen-bond donors (Lipinski definition) is 2. The van der Waals surface area contributed by atoms with Crippen molar-refractivity contribution in [3.05, 3.63) is 0 Å². The van der Waals surface area contributed by atoms with Gasteiger partial charge in [-0.05, 0) is 0 Å². The van der Waals surface area contributed by atoms with Gasteiger partial charge in [0.1, 0.15) is 0 Å². The van der Waals surface area contributed by atoms with E-state index in [0.717, 1.165) is 0 Å². The number of ether oxygens (including phenoxy) is 1. The van der Waals surface area contributed by atoms with Crippen LogP contribution < -0.4 is 11.1 Å². The number of hydrogen-bond acceptors (Lipinski definition) is 5. The summed E-state index contributed by atoms with van der Waals surface area (Å²) in [5.74, 6) is -0.155. The van der Waals surface area contributed by atoms with Crippen molar-refractivity contribution in [1.82, 2.24) is 15.1 Å². The van der Waals surface area contributed by atoms with Crippen LogP contribution in [0.1, 0.15) is 0 Å². The Bertz CT molecular complexity index is 310. The van der Waals surface area contributed by atoms with Gasteiger partial charge in [0.15, 0.2) is 0 Å². The van der Waals surface area contributed by atoms with Crippen LogP contribution in [0, 0.1) is 0 Å². The second kappa shape index (κ2) is 5.44. The highest BCUT2D eigenvalue weighted by molar-refractivity contribution is 5.96. The molecule has 2 heterocycles. The van der Waals surface area contributed by atoms with Crippen LogP contribution in [0.15, 0.2) is 0 Å². The normalized spacial score (nSPS) is 26.1. The molecule has 7 nitrogen and oxygen atoms in total. The lowest BCUT2D eigenvalue weighted by atomic mass is 10.2. The van der Waals surface area contributed by atoms with Crippen molar-refractivity contribution >= 4 is 11.9 Å². The van der Waals surface area contributed by atoms with E-state index in [0.29, 0.717) is 39.3 Å². The van der Waals surface area contributed by atoms with Crippen LogP contribution in [-0.4, -0.2) is 73.7 Å². The van der Waals surface area contributed by atoms with Gasteiger partial charge in [-0.1, -0.05) is 0 Å². The SMILES string of the molecule is NCC1CN(CC(=O)N2CCNC2=O)CCO1. The lowest BCUT2D eigenvalue weighted by molar-refractivity contribution is -0.130. The summed E-state index contributed by atoms with van der Waals surface area (Å²) in [7, 11) is 0. The van der Waals surface area contributed by atoms with E-state index in [1.54, 1.807) is 0 Å². The summed E-state index contributed by atoms with van der Waals surface area (Å²) < 4.78 is 5.41. The number of carbonyl (C=O) groups is 2. The maximum atomic E-state index is 11.9. The van der Waals surface area contributed by atoms with Crippen LogP contribution >= 0.6 is 0 Å². The molecule has 2 fully saturated rings. The minimum atomic E-state index is -0.293. The predicted octanol–water partition coefficient (Wildman–Crippen LogP) is -1.80. The van der Waals surface area contributed by atoms with Gasteiger partial charge in [0, 0.05) is 32.7 Å². The molecule has 1 unspecified atom stereocenters. The minimum absolute atomic E-state index is 0.0102. The Morgan fingerprint density at radius 3 is 3.00 bits per heavy atom. The fourth-order valence-electron chi connectivity index (χ4n) is 2.05. The number of nitrogens with two attached hydrogens (primary N) is 1. The highest BCUT2D eigenvalue weighted by Gasteiger charge is 2.29. The van der Waals surface area contributed by atoms with Crippen molar-refractivity contribution < 1.29 is 14.3 Å². The molecule has 0 aromatic rings. The van der Waals surface area contributed by atoms with Crippen molar-refractivity contribution in [2.75, 3.05) is 45.9 Å². The molecule has 2 rings (SSSR count). The third-order valence-corrected chi connectivity index (χ3v) is 3.00. The number of urea groups is 1. The summed E-state index contributed by atoms with van der Waals surface area (Å²) in [6.45, 7) is 3.65. The van der Waals surface area contributed by atoms with Crippen LogP contribution in [0.5, 0.6) is 0 Å². The molecule has 0 radical (unpaired) electrons. The first-order chi connectivity index (χ1) is 8.20. The number of imide groups is 1. The number of carbonyl (C=O) groups excluding carboxylic acids is 2. The van der Waals surface area contributed by atoms with E-state index >= 15 is 0 Å². The Morgan fingerprint density at radius 1 is 1.53 bits per heavy atom. The summed E-state index contributed by atoms with van der Waals surface area (Å²) in [5.41, 5.74) is 5.53. The molecule has 2 aliphatic heterocycles. The number of rotatable bonds is 3. The van der Waals surface area contributed by atoms with Crippen LogP contribution in [0.25, 0.3) is 0 Å². The summed E-state index contributed by atoms with van der Waals surface area (Å²) in [6, 6.07) is -0.293. The first-order valence-electron chi connectivity index (χ1n) is 5.83. The Morgan fingerprint density at radius 2 is 2.35 bits per heavy atom. The van der Waals surface area contributed by atoms with Gasteiger partial charge >= 0.3 is 6.03 Å². The zero-order chi connectivity index (χ0) is 12.3. The van der Waals surface area contributed by atoms with Crippen LogP contribution in [-0.2, 0) is 9.53 Å². The van der Waals surface area contributed by atoms with Gasteiger partial charge in [-0.3, -0.25) is 14.6 Å². The molecule has 2 saturated heterocycles. The zero-order valence-electron chi connectivity index (χ0n) is 9.72. The topological polar surface area (TPSA) is 87.9 Å². The monoisotopic (exact) mass is 242 g/mol. The van der Waals surface area contributed by atoms with Gasteiger partial charge in [-0.15, -0.1) is 0 Å². The summed E-state index contributed by atoms with van der Waals surface area (Å²) in [5, 5.41) is 2.61. The molecule has 0 spiro atoms. The quantitative estimate of drug-likeness (QED) is 0.609. The molecule has 0 aliphatic carbocycles. The predicted molar refractivity (Wildman–Crippen MR) is 60.3 cm³/mol. The van der Waals surface area contributed by atoms with Crippen LogP contribution in [0.2, 0.25) is 0 Å². The molecular formula is C10H18N4O3. The Hall–Kier alpha value is -1.18. The van der Waals surface area contributed by atoms with Gasteiger partial charge in [-0.2, -0.15) is 0 Å². The lowest BCUT2D eigenvalue weighted by Gasteiger charge is -2.32. The summed E-state index contributed by atoms with van der Waals surface area (Å²) in [4.78, 5) is 26.4. The van der Waals surface area contributed by atoms with Crippen molar-refractivity contribution in [2.45, 2.75) is 6.10 Å². The third kappa shape index (κ3) is 2.93. The molecule has 96 valence electrons. The summed E-state index contributed by atoms with van der Waals surface area (Å²) in [6.07, 6.45) is -0.0102. The zero-order valence-corrected chi connectivity index (χ0v) is 9.72. The molecule has 1 atom stereocenters. The Balaban J connectivity index is 1.83. The van der Waals surface area contributed by atoms with Crippen molar-refractivity contribution in [2.24, 2.45) is 5.73 Å². The molecule has 0 saturated carbocycles. The number of morpholine rings is 1. The standard InChI is InChI=1S/C10H18N4O3/c11-5-8-6-13(3-4-17-8)7-9(15)14-2-1-12-10(14)16/h8H,1-7,11H2,(H,12,16). The molecule has 3 N–H and O–H groups in total. The highest BCUT2D eigenvalue weighted by atomic mass is 16.5. The molecule has 7 heteroatoms. The van der Waals surface area contributed by atoms with E-state index in [1.807, 2.05) is 4.90 Å². The van der Waals surface area contributed by atoms with E-state index in [2.05, 4.69) is 5.32 Å². The van der Waals surface area contributed by atoms with Crippen LogP contribution in [0.3, 0.4) is 0 Å². The van der Waals surface area contributed by atoms with Gasteiger partial charge in [0.2, 0.25) is 5.91 Å². The highest BCUT2D eigenvalue weighted by Crippen LogP contribution is 2.06. The number of nitrogens with zero attached hydrogens (tertiary/aromatic N) is 2. The third-order valence-electron chi connectivity index (χ3n) is 3.00. The molecular weight excluding hydrogens is 224 g/mol. The van der Waals surface area contributed by atoms with E-state index in [9.17, 15) is 9.59 Å². The van der Waals surface area contributed by atoms with Crippen LogP contribution in [0.4, 0.5) is 4.79 Å². The average molecular weight is 242 g/mol. The Labute approximate surface area is 99.9 Å². The average Bonchev–Trinajstić information content (AvgIpc) is 2.76. The Kier molecular flexibility index (Phi) is 3.93. The fourth-order valence-corrected chi connectivity index (χ4v) is 2.05. The van der Waals surface area contributed by atoms with E-state index in [4.69, 9.17) is 10.5 Å². The van der Waals surface area contributed by atoms with Gasteiger partial charge in [-0.25, -0.2) is 4.79 Å². The molecule has 0 aromatic heterocycles.